The summed E-state index contributed by atoms with van der Waals surface area (Å²) in [5.74, 6) is 0. The number of aryl methyl sites for hydroxylation is 1. The monoisotopic (exact) mass is 418 g/mol. The summed E-state index contributed by atoms with van der Waals surface area (Å²) in [5, 5.41) is 10.2. The molecule has 1 aliphatic heterocycles. The second kappa shape index (κ2) is 8.27. The van der Waals surface area contributed by atoms with Crippen molar-refractivity contribution in [3.05, 3.63) is 28.2 Å². The Morgan fingerprint density at radius 2 is 1.96 bits per heavy atom. The summed E-state index contributed by atoms with van der Waals surface area (Å²) in [6, 6.07) is 6.01. The number of nitrogens with zero attached hydrogens (tertiary/aromatic N) is 1. The topological polar surface area (TPSA) is 69.6 Å². The maximum Gasteiger partial charge on any atom is 0.240 e. The van der Waals surface area contributed by atoms with Crippen LogP contribution in [0.3, 0.4) is 0 Å². The summed E-state index contributed by atoms with van der Waals surface area (Å²) in [5.41, 5.74) is 0.758. The Kier molecular flexibility index (Phi) is 6.84. The van der Waals surface area contributed by atoms with E-state index >= 15 is 0 Å². The van der Waals surface area contributed by atoms with Gasteiger partial charge in [-0.15, -0.1) is 0 Å². The molecule has 2 unspecified atom stereocenters. The van der Waals surface area contributed by atoms with E-state index in [4.69, 9.17) is 0 Å². The zero-order valence-corrected chi connectivity index (χ0v) is 16.9. The van der Waals surface area contributed by atoms with Crippen LogP contribution in [0.5, 0.6) is 0 Å². The van der Waals surface area contributed by atoms with Gasteiger partial charge in [0, 0.05) is 29.6 Å². The Morgan fingerprint density at radius 1 is 1.33 bits per heavy atom. The first kappa shape index (κ1) is 19.8. The van der Waals surface area contributed by atoms with Gasteiger partial charge in [-0.05, 0) is 56.9 Å². The first-order valence-corrected chi connectivity index (χ1v) is 10.7. The van der Waals surface area contributed by atoms with Gasteiger partial charge in [0.1, 0.15) is 0 Å². The molecule has 0 radical (unpaired) electrons. The standard InChI is InChI=1S/C17H27BrN2O3S/c1-4-14-9-15(18)7-8-17(14)24(22,23)19-10-16(21)11-20-12(2)5-6-13(20)3/h7-9,12-13,16,19,21H,4-6,10-11H2,1-3H3/t12?,13?,16-/m0/s1. The molecule has 0 bridgehead atoms. The number of halogens is 1. The first-order chi connectivity index (χ1) is 11.2. The van der Waals surface area contributed by atoms with Crippen LogP contribution in [0.1, 0.15) is 39.2 Å². The van der Waals surface area contributed by atoms with Crippen molar-refractivity contribution in [2.24, 2.45) is 0 Å². The SMILES string of the molecule is CCc1cc(Br)ccc1S(=O)(=O)NC[C@H](O)CN1C(C)CCC1C. The molecule has 0 saturated carbocycles. The third-order valence-electron chi connectivity index (χ3n) is 4.76. The normalized spacial score (nSPS) is 23.5. The molecule has 0 aromatic heterocycles. The average Bonchev–Trinajstić information content (AvgIpc) is 2.84. The fraction of sp³-hybridized carbons (Fsp3) is 0.647. The second-order valence-corrected chi connectivity index (χ2v) is 9.23. The van der Waals surface area contributed by atoms with E-state index in [2.05, 4.69) is 39.4 Å². The van der Waals surface area contributed by atoms with Crippen molar-refractivity contribution in [2.45, 2.75) is 63.1 Å². The highest BCUT2D eigenvalue weighted by Crippen LogP contribution is 2.24. The van der Waals surface area contributed by atoms with Crippen LogP contribution in [0.4, 0.5) is 0 Å². The van der Waals surface area contributed by atoms with Crippen LogP contribution in [-0.4, -0.2) is 49.7 Å². The number of aliphatic hydroxyl groups is 1. The van der Waals surface area contributed by atoms with Gasteiger partial charge < -0.3 is 5.11 Å². The number of sulfonamides is 1. The molecule has 2 N–H and O–H groups in total. The highest BCUT2D eigenvalue weighted by atomic mass is 79.9. The summed E-state index contributed by atoms with van der Waals surface area (Å²) in [7, 11) is -3.62. The van der Waals surface area contributed by atoms with Crippen LogP contribution in [-0.2, 0) is 16.4 Å². The van der Waals surface area contributed by atoms with Crippen molar-refractivity contribution in [1.82, 2.24) is 9.62 Å². The molecule has 1 heterocycles. The number of rotatable bonds is 7. The molecular formula is C17H27BrN2O3S. The van der Waals surface area contributed by atoms with Crippen molar-refractivity contribution in [1.29, 1.82) is 0 Å². The van der Waals surface area contributed by atoms with Crippen molar-refractivity contribution in [3.63, 3.8) is 0 Å². The van der Waals surface area contributed by atoms with E-state index in [1.165, 1.54) is 0 Å². The largest absolute Gasteiger partial charge is 0.390 e. The van der Waals surface area contributed by atoms with Crippen LogP contribution in [0.15, 0.2) is 27.6 Å². The van der Waals surface area contributed by atoms with E-state index in [0.29, 0.717) is 25.0 Å². The number of hydrogen-bond acceptors (Lipinski definition) is 4. The maximum atomic E-state index is 12.5. The Hall–Kier alpha value is -0.470. The Balaban J connectivity index is 2.00. The van der Waals surface area contributed by atoms with Crippen LogP contribution in [0, 0.1) is 0 Å². The minimum Gasteiger partial charge on any atom is -0.390 e. The summed E-state index contributed by atoms with van der Waals surface area (Å²) < 4.78 is 28.5. The smallest absolute Gasteiger partial charge is 0.240 e. The highest BCUT2D eigenvalue weighted by molar-refractivity contribution is 9.10. The van der Waals surface area contributed by atoms with Gasteiger partial charge in [-0.1, -0.05) is 22.9 Å². The molecule has 1 fully saturated rings. The zero-order valence-electron chi connectivity index (χ0n) is 14.5. The van der Waals surface area contributed by atoms with Gasteiger partial charge in [0.25, 0.3) is 0 Å². The molecule has 3 atom stereocenters. The van der Waals surface area contributed by atoms with Gasteiger partial charge >= 0.3 is 0 Å². The molecule has 1 aliphatic rings. The molecule has 2 rings (SSSR count). The fourth-order valence-corrected chi connectivity index (χ4v) is 5.06. The molecule has 1 aromatic carbocycles. The number of β-amino-alcohol motifs (C(OH)–C–C–N with tert-alkyl or cyclic N) is 1. The Bertz CT molecular complexity index is 656. The van der Waals surface area contributed by atoms with Gasteiger partial charge in [0.15, 0.2) is 0 Å². The number of likely N-dealkylation sites (tertiary alicyclic amines) is 1. The van der Waals surface area contributed by atoms with E-state index in [9.17, 15) is 13.5 Å². The van der Waals surface area contributed by atoms with E-state index in [-0.39, 0.29) is 11.4 Å². The third-order valence-corrected chi connectivity index (χ3v) is 6.78. The van der Waals surface area contributed by atoms with Crippen LogP contribution < -0.4 is 4.72 Å². The molecule has 7 heteroatoms. The maximum absolute atomic E-state index is 12.5. The molecule has 24 heavy (non-hydrogen) atoms. The summed E-state index contributed by atoms with van der Waals surface area (Å²) in [6.07, 6.45) is 2.15. The van der Waals surface area contributed by atoms with Crippen LogP contribution in [0.25, 0.3) is 0 Å². The van der Waals surface area contributed by atoms with Gasteiger partial charge in [-0.3, -0.25) is 4.90 Å². The quantitative estimate of drug-likeness (QED) is 0.713. The fourth-order valence-electron chi connectivity index (χ4n) is 3.29. The minimum atomic E-state index is -3.62. The Labute approximate surface area is 153 Å². The molecule has 0 aliphatic carbocycles. The third kappa shape index (κ3) is 4.79. The minimum absolute atomic E-state index is 0.0253. The lowest BCUT2D eigenvalue weighted by Crippen LogP contribution is -2.43. The van der Waals surface area contributed by atoms with Crippen molar-refractivity contribution in [3.8, 4) is 0 Å². The summed E-state index contributed by atoms with van der Waals surface area (Å²) in [6.45, 7) is 6.74. The van der Waals surface area contributed by atoms with E-state index in [1.54, 1.807) is 12.1 Å². The number of aliphatic hydroxyl groups excluding tert-OH is 1. The zero-order chi connectivity index (χ0) is 17.9. The molecule has 1 saturated heterocycles. The molecular weight excluding hydrogens is 392 g/mol. The lowest BCUT2D eigenvalue weighted by molar-refractivity contribution is 0.0941. The van der Waals surface area contributed by atoms with E-state index in [1.807, 2.05) is 13.0 Å². The van der Waals surface area contributed by atoms with Crippen LogP contribution >= 0.6 is 15.9 Å². The number of nitrogens with one attached hydrogen (secondary N) is 1. The predicted molar refractivity (Wildman–Crippen MR) is 99.6 cm³/mol. The number of hydrogen-bond donors (Lipinski definition) is 2. The number of benzene rings is 1. The van der Waals surface area contributed by atoms with Gasteiger partial charge in [-0.2, -0.15) is 0 Å². The highest BCUT2D eigenvalue weighted by Gasteiger charge is 2.29. The van der Waals surface area contributed by atoms with Gasteiger partial charge in [0.05, 0.1) is 11.0 Å². The van der Waals surface area contributed by atoms with Crippen LogP contribution in [0.2, 0.25) is 0 Å². The lowest BCUT2D eigenvalue weighted by atomic mass is 10.2. The second-order valence-electron chi connectivity index (χ2n) is 6.58. The first-order valence-electron chi connectivity index (χ1n) is 8.46. The lowest BCUT2D eigenvalue weighted by Gasteiger charge is -2.28. The summed E-state index contributed by atoms with van der Waals surface area (Å²) >= 11 is 3.37. The predicted octanol–water partition coefficient (Wildman–Crippen LogP) is 2.52. The molecule has 1 aromatic rings. The van der Waals surface area contributed by atoms with Crippen molar-refractivity contribution >= 4 is 26.0 Å². The van der Waals surface area contributed by atoms with Gasteiger partial charge in [-0.25, -0.2) is 13.1 Å². The van der Waals surface area contributed by atoms with Gasteiger partial charge in [0.2, 0.25) is 10.0 Å². The average molecular weight is 419 g/mol. The van der Waals surface area contributed by atoms with Crippen molar-refractivity contribution < 1.29 is 13.5 Å². The van der Waals surface area contributed by atoms with E-state index in [0.717, 1.165) is 22.9 Å². The molecule has 136 valence electrons. The molecule has 5 nitrogen and oxygen atoms in total. The summed E-state index contributed by atoms with van der Waals surface area (Å²) in [4.78, 5) is 2.53. The molecule has 0 spiro atoms. The van der Waals surface area contributed by atoms with Crippen molar-refractivity contribution in [2.75, 3.05) is 13.1 Å². The molecule has 0 amide bonds. The Morgan fingerprint density at radius 3 is 2.54 bits per heavy atom. The van der Waals surface area contributed by atoms with E-state index < -0.39 is 16.1 Å².